The second kappa shape index (κ2) is 5.11. The molecule has 0 bridgehead atoms. The third-order valence-corrected chi connectivity index (χ3v) is 3.53. The topological polar surface area (TPSA) is 47.9 Å². The van der Waals surface area contributed by atoms with Crippen LogP contribution in [-0.2, 0) is 0 Å². The fraction of sp³-hybridized carbons (Fsp3) is 0. The van der Waals surface area contributed by atoms with Crippen LogP contribution in [0.1, 0.15) is 0 Å². The zero-order valence-corrected chi connectivity index (χ0v) is 11.9. The van der Waals surface area contributed by atoms with Crippen molar-refractivity contribution in [2.75, 3.05) is 0 Å². The summed E-state index contributed by atoms with van der Waals surface area (Å²) in [5.74, 6) is 0.950. The van der Waals surface area contributed by atoms with Crippen LogP contribution >= 0.6 is 27.5 Å². The lowest BCUT2D eigenvalue weighted by Gasteiger charge is -2.08. The van der Waals surface area contributed by atoms with Gasteiger partial charge in [-0.15, -0.1) is 5.10 Å². The van der Waals surface area contributed by atoms with E-state index in [9.17, 15) is 0 Å². The summed E-state index contributed by atoms with van der Waals surface area (Å²) in [6.07, 6.45) is 1.41. The van der Waals surface area contributed by atoms with Crippen LogP contribution in [0.4, 0.5) is 0 Å². The van der Waals surface area contributed by atoms with Crippen LogP contribution in [0.15, 0.2) is 47.1 Å². The van der Waals surface area contributed by atoms with E-state index in [1.54, 1.807) is 0 Å². The summed E-state index contributed by atoms with van der Waals surface area (Å²) in [4.78, 5) is 3.94. The van der Waals surface area contributed by atoms with Crippen molar-refractivity contribution in [3.05, 3.63) is 52.4 Å². The first-order valence-electron chi connectivity index (χ1n) is 5.44. The van der Waals surface area contributed by atoms with Crippen molar-refractivity contribution in [3.8, 4) is 11.6 Å². The fourth-order valence-electron chi connectivity index (χ4n) is 1.72. The van der Waals surface area contributed by atoms with Gasteiger partial charge in [-0.1, -0.05) is 30.3 Å². The Morgan fingerprint density at radius 2 is 1.95 bits per heavy atom. The number of rotatable bonds is 2. The van der Waals surface area contributed by atoms with Gasteiger partial charge in [0.25, 0.3) is 0 Å². The van der Waals surface area contributed by atoms with E-state index in [-0.39, 0.29) is 5.28 Å². The Bertz CT molecular complexity index is 751. The smallest absolute Gasteiger partial charge is 0.246 e. The van der Waals surface area contributed by atoms with Gasteiger partial charge >= 0.3 is 0 Å². The quantitative estimate of drug-likeness (QED) is 0.702. The molecule has 0 saturated heterocycles. The average molecular weight is 337 g/mol. The Hall–Kier alpha value is -1.72. The molecule has 0 radical (unpaired) electrons. The highest BCUT2D eigenvalue weighted by Crippen LogP contribution is 2.35. The van der Waals surface area contributed by atoms with Gasteiger partial charge in [0.05, 0.1) is 4.47 Å². The summed E-state index contributed by atoms with van der Waals surface area (Å²) < 4.78 is 6.51. The lowest BCUT2D eigenvalue weighted by Crippen LogP contribution is -1.93. The molecule has 0 amide bonds. The molecule has 0 aliphatic heterocycles. The van der Waals surface area contributed by atoms with E-state index in [0.29, 0.717) is 11.6 Å². The number of benzene rings is 2. The first-order valence-corrected chi connectivity index (χ1v) is 6.61. The number of aromatic nitrogens is 3. The van der Waals surface area contributed by atoms with Gasteiger partial charge in [-0.2, -0.15) is 10.1 Å². The molecule has 19 heavy (non-hydrogen) atoms. The minimum atomic E-state index is 0.0504. The number of nitrogens with zero attached hydrogens (tertiary/aromatic N) is 3. The minimum Gasteiger partial charge on any atom is -0.436 e. The molecule has 0 aliphatic rings. The van der Waals surface area contributed by atoms with Gasteiger partial charge in [0, 0.05) is 0 Å². The molecular formula is C13H7BrClN3O. The molecule has 94 valence electrons. The van der Waals surface area contributed by atoms with E-state index >= 15 is 0 Å². The first kappa shape index (κ1) is 12.3. The molecule has 3 rings (SSSR count). The van der Waals surface area contributed by atoms with Crippen LogP contribution in [0.3, 0.4) is 0 Å². The molecule has 0 fully saturated rings. The van der Waals surface area contributed by atoms with Crippen LogP contribution in [0, 0.1) is 0 Å². The van der Waals surface area contributed by atoms with Crippen LogP contribution in [0.2, 0.25) is 5.28 Å². The predicted octanol–water partition coefficient (Wildman–Crippen LogP) is 4.23. The molecular weight excluding hydrogens is 330 g/mol. The highest BCUT2D eigenvalue weighted by molar-refractivity contribution is 9.10. The number of hydrogen-bond acceptors (Lipinski definition) is 4. The van der Waals surface area contributed by atoms with Crippen LogP contribution < -0.4 is 4.74 Å². The van der Waals surface area contributed by atoms with Crippen molar-refractivity contribution in [1.29, 1.82) is 0 Å². The molecule has 1 heterocycles. The van der Waals surface area contributed by atoms with Crippen molar-refractivity contribution >= 4 is 38.3 Å². The Kier molecular flexibility index (Phi) is 3.31. The zero-order chi connectivity index (χ0) is 13.2. The molecule has 0 atom stereocenters. The van der Waals surface area contributed by atoms with E-state index in [1.807, 2.05) is 36.4 Å². The number of fused-ring (bicyclic) bond motifs is 1. The van der Waals surface area contributed by atoms with Crippen molar-refractivity contribution in [2.45, 2.75) is 0 Å². The predicted molar refractivity (Wildman–Crippen MR) is 76.6 cm³/mol. The van der Waals surface area contributed by atoms with Crippen molar-refractivity contribution in [2.24, 2.45) is 0 Å². The molecule has 2 aromatic carbocycles. The van der Waals surface area contributed by atoms with Gasteiger partial charge in [-0.25, -0.2) is 0 Å². The lowest BCUT2D eigenvalue weighted by molar-refractivity contribution is 0.455. The second-order valence-electron chi connectivity index (χ2n) is 3.76. The zero-order valence-electron chi connectivity index (χ0n) is 9.55. The third-order valence-electron chi connectivity index (χ3n) is 2.55. The summed E-state index contributed by atoms with van der Waals surface area (Å²) in [6.45, 7) is 0. The van der Waals surface area contributed by atoms with Crippen LogP contribution in [0.25, 0.3) is 10.8 Å². The van der Waals surface area contributed by atoms with E-state index in [2.05, 4.69) is 31.1 Å². The van der Waals surface area contributed by atoms with Crippen LogP contribution in [0.5, 0.6) is 11.6 Å². The van der Waals surface area contributed by atoms with E-state index < -0.39 is 0 Å². The molecule has 0 saturated carbocycles. The number of halogens is 2. The number of hydrogen-bond donors (Lipinski definition) is 0. The van der Waals surface area contributed by atoms with Gasteiger partial charge < -0.3 is 4.74 Å². The third kappa shape index (κ3) is 2.52. The minimum absolute atomic E-state index is 0.0504. The van der Waals surface area contributed by atoms with Gasteiger partial charge in [0.1, 0.15) is 11.9 Å². The highest BCUT2D eigenvalue weighted by Gasteiger charge is 2.08. The Balaban J connectivity index is 2.04. The molecule has 4 nitrogen and oxygen atoms in total. The SMILES string of the molecule is Clc1nncc(Oc2ccc3ccccc3c2Br)n1. The molecule has 6 heteroatoms. The van der Waals surface area contributed by atoms with Crippen molar-refractivity contribution < 1.29 is 4.74 Å². The average Bonchev–Trinajstić information content (AvgIpc) is 2.42. The van der Waals surface area contributed by atoms with Crippen molar-refractivity contribution in [3.63, 3.8) is 0 Å². The maximum Gasteiger partial charge on any atom is 0.246 e. The van der Waals surface area contributed by atoms with E-state index in [4.69, 9.17) is 16.3 Å². The van der Waals surface area contributed by atoms with Gasteiger partial charge in [0.15, 0.2) is 0 Å². The van der Waals surface area contributed by atoms with Gasteiger partial charge in [-0.05, 0) is 44.4 Å². The summed E-state index contributed by atoms with van der Waals surface area (Å²) in [6, 6.07) is 11.8. The lowest BCUT2D eigenvalue weighted by atomic mass is 10.1. The Morgan fingerprint density at radius 1 is 1.11 bits per heavy atom. The monoisotopic (exact) mass is 335 g/mol. The van der Waals surface area contributed by atoms with Gasteiger partial charge in [-0.3, -0.25) is 0 Å². The normalized spacial score (nSPS) is 10.6. The molecule has 0 N–H and O–H groups in total. The van der Waals surface area contributed by atoms with E-state index in [1.165, 1.54) is 6.20 Å². The maximum atomic E-state index is 5.67. The molecule has 0 aliphatic carbocycles. The summed E-state index contributed by atoms with van der Waals surface area (Å²) in [7, 11) is 0. The molecule has 3 aromatic rings. The standard InChI is InChI=1S/C13H7BrClN3O/c14-12-9-4-2-1-3-8(9)5-6-10(12)19-11-7-16-18-13(15)17-11/h1-7H. The summed E-state index contributed by atoms with van der Waals surface area (Å²) in [5.41, 5.74) is 0. The van der Waals surface area contributed by atoms with Crippen LogP contribution in [-0.4, -0.2) is 15.2 Å². The van der Waals surface area contributed by atoms with Gasteiger partial charge in [0.2, 0.25) is 11.2 Å². The molecule has 0 spiro atoms. The fourth-order valence-corrected chi connectivity index (χ4v) is 2.42. The Labute approximate surface area is 122 Å². The largest absolute Gasteiger partial charge is 0.436 e. The maximum absolute atomic E-state index is 5.67. The second-order valence-corrected chi connectivity index (χ2v) is 4.90. The van der Waals surface area contributed by atoms with E-state index in [0.717, 1.165) is 15.2 Å². The summed E-state index contributed by atoms with van der Waals surface area (Å²) >= 11 is 9.21. The molecule has 0 unspecified atom stereocenters. The Morgan fingerprint density at radius 3 is 2.79 bits per heavy atom. The highest BCUT2D eigenvalue weighted by atomic mass is 79.9. The van der Waals surface area contributed by atoms with Crippen molar-refractivity contribution in [1.82, 2.24) is 15.2 Å². The number of ether oxygens (including phenoxy) is 1. The first-order chi connectivity index (χ1) is 9.24. The molecule has 1 aromatic heterocycles. The summed E-state index contributed by atoms with van der Waals surface area (Å²) in [5, 5.41) is 9.49.